The van der Waals surface area contributed by atoms with Gasteiger partial charge in [0.1, 0.15) is 11.3 Å². The third kappa shape index (κ3) is 26.5. The second-order valence-corrected chi connectivity index (χ2v) is 41.4. The van der Waals surface area contributed by atoms with E-state index in [1.165, 1.54) is 326 Å². The second kappa shape index (κ2) is 48.4. The van der Waals surface area contributed by atoms with Crippen LogP contribution in [0.1, 0.15) is 180 Å². The summed E-state index contributed by atoms with van der Waals surface area (Å²) >= 11 is 3.47. The molecule has 6 aromatic rings. The van der Waals surface area contributed by atoms with Gasteiger partial charge in [0, 0.05) is 150 Å². The van der Waals surface area contributed by atoms with Crippen LogP contribution < -0.4 is 29.4 Å². The first-order valence-corrected chi connectivity index (χ1v) is 51.0. The average molecular weight is 1740 g/mol. The van der Waals surface area contributed by atoms with Crippen LogP contribution in [0.2, 0.25) is 0 Å². The van der Waals surface area contributed by atoms with Gasteiger partial charge in [0.05, 0.1) is 6.54 Å². The molecule has 0 radical (unpaired) electrons. The van der Waals surface area contributed by atoms with E-state index < -0.39 is 0 Å². The van der Waals surface area contributed by atoms with Gasteiger partial charge in [-0.1, -0.05) is 35.6 Å². The number of para-hydroxylation sites is 1. The molecule has 7 atom stereocenters. The predicted molar refractivity (Wildman–Crippen MR) is 516 cm³/mol. The molecule has 14 fully saturated rings. The van der Waals surface area contributed by atoms with Gasteiger partial charge in [-0.05, 0) is 411 Å². The van der Waals surface area contributed by atoms with Crippen LogP contribution in [-0.4, -0.2) is 335 Å². The van der Waals surface area contributed by atoms with Crippen LogP contribution in [0.4, 0.5) is 33.4 Å². The molecule has 20 rings (SSSR count). The summed E-state index contributed by atoms with van der Waals surface area (Å²) < 4.78 is 0. The van der Waals surface area contributed by atoms with Gasteiger partial charge < -0.3 is 68.6 Å². The molecule has 0 N–H and O–H groups in total. The van der Waals surface area contributed by atoms with Crippen molar-refractivity contribution < 1.29 is 4.79 Å². The average Bonchev–Trinajstić information content (AvgIpc) is 1.72. The van der Waals surface area contributed by atoms with Crippen LogP contribution in [0.5, 0.6) is 0 Å². The van der Waals surface area contributed by atoms with Gasteiger partial charge in [0.2, 0.25) is 17.0 Å². The molecule has 0 saturated carbocycles. The van der Waals surface area contributed by atoms with E-state index in [1.807, 2.05) is 68.9 Å². The molecule has 0 aliphatic carbocycles. The number of aromatic nitrogens is 7. The molecule has 25 heteroatoms. The number of rotatable bonds is 15. The fourth-order valence-electron chi connectivity index (χ4n) is 23.9. The molecule has 1 aromatic carbocycles. The topological polar surface area (TPSA) is 156 Å². The summed E-state index contributed by atoms with van der Waals surface area (Å²) in [6.07, 6.45) is 48.9. The van der Waals surface area contributed by atoms with Crippen molar-refractivity contribution in [3.63, 3.8) is 0 Å². The Hall–Kier alpha value is -6.26. The number of pyridine rings is 2. The van der Waals surface area contributed by atoms with Crippen molar-refractivity contribution >= 4 is 62.0 Å². The number of thiazole rings is 1. The molecule has 1 amide bonds. The van der Waals surface area contributed by atoms with E-state index in [0.717, 1.165) is 95.8 Å². The van der Waals surface area contributed by atoms with Gasteiger partial charge in [-0.25, -0.2) is 19.9 Å². The zero-order valence-electron chi connectivity index (χ0n) is 78.0. The van der Waals surface area contributed by atoms with Crippen LogP contribution in [0, 0.1) is 41.4 Å². The molecule has 14 saturated heterocycles. The van der Waals surface area contributed by atoms with E-state index in [1.54, 1.807) is 27.6 Å². The van der Waals surface area contributed by atoms with Crippen molar-refractivity contribution in [2.45, 2.75) is 222 Å². The lowest BCUT2D eigenvalue weighted by molar-refractivity contribution is -0.130. The van der Waals surface area contributed by atoms with E-state index in [0.29, 0.717) is 18.6 Å². The highest BCUT2D eigenvalue weighted by atomic mass is 32.1. The first-order chi connectivity index (χ1) is 60.6. The lowest BCUT2D eigenvalue weighted by Gasteiger charge is -2.38. The summed E-state index contributed by atoms with van der Waals surface area (Å²) in [7, 11) is 19.3. The molecule has 684 valence electrons. The molecule has 14 aliphatic rings. The Morgan fingerprint density at radius 2 is 0.669 bits per heavy atom. The van der Waals surface area contributed by atoms with Crippen LogP contribution in [0.3, 0.4) is 0 Å². The van der Waals surface area contributed by atoms with Gasteiger partial charge in [0.25, 0.3) is 0 Å². The normalized spacial score (nSPS) is 27.2. The summed E-state index contributed by atoms with van der Waals surface area (Å²) in [4.78, 5) is 70.5. The maximum atomic E-state index is 11.9. The Morgan fingerprint density at radius 1 is 0.323 bits per heavy atom. The zero-order chi connectivity index (χ0) is 85.9. The Morgan fingerprint density at radius 3 is 1.06 bits per heavy atom. The van der Waals surface area contributed by atoms with Crippen LogP contribution in [0.25, 0.3) is 0 Å². The maximum Gasteiger partial charge on any atom is 0.236 e. The number of carbonyl (C=O) groups is 1. The number of likely N-dealkylation sites (tertiary alicyclic amines) is 8. The zero-order valence-corrected chi connectivity index (χ0v) is 79.6. The summed E-state index contributed by atoms with van der Waals surface area (Å²) in [6.45, 7) is 26.5. The Balaban J connectivity index is 0.000000118. The lowest BCUT2D eigenvalue weighted by Crippen LogP contribution is -2.45. The molecular formula is C99H160N22OS2. The summed E-state index contributed by atoms with van der Waals surface area (Å²) in [5.41, 5.74) is 4.64. The van der Waals surface area contributed by atoms with Crippen molar-refractivity contribution in [3.8, 4) is 0 Å². The van der Waals surface area contributed by atoms with Crippen LogP contribution in [-0.2, 0) is 4.79 Å². The van der Waals surface area contributed by atoms with Crippen LogP contribution >= 0.6 is 22.7 Å². The van der Waals surface area contributed by atoms with Crippen molar-refractivity contribution in [1.29, 1.82) is 0 Å². The van der Waals surface area contributed by atoms with Crippen molar-refractivity contribution in [3.05, 3.63) is 115 Å². The first kappa shape index (κ1) is 93.9. The quantitative estimate of drug-likeness (QED) is 0.0956. The van der Waals surface area contributed by atoms with E-state index >= 15 is 0 Å². The molecule has 14 aliphatic heterocycles. The number of piperidine rings is 7. The van der Waals surface area contributed by atoms with E-state index in [9.17, 15) is 4.79 Å². The van der Waals surface area contributed by atoms with Gasteiger partial charge in [0.15, 0.2) is 5.13 Å². The number of nitrogens with zero attached hydrogens (tertiary/aromatic N) is 22. The molecule has 5 aromatic heterocycles. The Kier molecular flexibility index (Phi) is 36.6. The third-order valence-corrected chi connectivity index (χ3v) is 32.8. The number of hydrogen-bond donors (Lipinski definition) is 0. The highest BCUT2D eigenvalue weighted by Crippen LogP contribution is 2.42. The highest BCUT2D eigenvalue weighted by Gasteiger charge is 2.42. The highest BCUT2D eigenvalue weighted by molar-refractivity contribution is 7.13. The molecule has 0 unspecified atom stereocenters. The van der Waals surface area contributed by atoms with Crippen molar-refractivity contribution in [2.75, 3.05) is 237 Å². The summed E-state index contributed by atoms with van der Waals surface area (Å²) in [5, 5.41) is 12.7. The SMILES string of the molecule is CN1CCC([C@@H]2CCCN2CC(=O)N(C)C)CC1.CN1CCC([C@@H]2CCCN2c2ccccc2)CC1.CN1CCC([C@@H]2CCCN2c2ccccn2)CC1.CN1CCC([C@@H]2CCCN2c2ccncc2)CC1.CN1CCC([C@@H]2CCCN2c2ncccn2)CC1.CN1CCC([C@@H]2CCCN2c2nccs2)CC1.CN1CCC([C@@H]2CCCN2c2nncs2)CC1. The summed E-state index contributed by atoms with van der Waals surface area (Å²) in [6, 6.07) is 28.6. The Labute approximate surface area is 756 Å². The maximum absolute atomic E-state index is 11.9. The minimum atomic E-state index is 0.245. The molecule has 23 nitrogen and oxygen atoms in total. The number of benzene rings is 1. The minimum Gasteiger partial charge on any atom is -0.368 e. The Bertz CT molecular complexity index is 3490. The fraction of sp³-hybridized carbons (Fsp3) is 0.737. The molecular weight excluding hydrogens is 1580 g/mol. The van der Waals surface area contributed by atoms with Gasteiger partial charge in [-0.15, -0.1) is 21.5 Å². The van der Waals surface area contributed by atoms with E-state index in [4.69, 9.17) is 0 Å². The standard InChI is InChI=1S/C16H24N2.2C15H23N3.C14H22N4.C14H27N3O.C13H21N3S.C12H20N4S/c1-17-12-9-14(10-13-17)16-8-5-11-18(16)15-6-3-2-4-7-15;1-17-11-6-13(7-12-17)15-3-2-10-18(15)14-4-8-16-9-5-14;1-17-11-7-13(8-12-17)14-5-4-10-18(14)15-6-2-3-9-16-15;1-17-10-5-12(6-11-17)13-4-2-9-18(13)14-15-7-3-8-16-14;1-15(2)14(18)11-17-8-4-5-13(17)12-6-9-16(3)10-7-12;1-15-8-4-11(5-9-15)12-3-2-7-16(12)13-14-6-10-17-13;1-15-7-4-10(5-8-15)11-3-2-6-16(11)12-14-13-9-17-12/h2-4,6-7,14,16H,5,8-13H2,1H3;4-5,8-9,13,15H,2-3,6-7,10-12H2,1H3;2-3,6,9,13-14H,4-5,7-8,10-12H2,1H3;3,7-8,12-13H,2,4-6,9-11H2,1H3;12-13H,4-11H2,1-3H3;6,10-12H,2-5,7-9H2,1H3;9-11H,2-8H2,1H3/t16-;15-;14-;2*13-;12-;11-/m0000000/s1. The van der Waals surface area contributed by atoms with Gasteiger partial charge >= 0.3 is 0 Å². The monoisotopic (exact) mass is 1740 g/mol. The minimum absolute atomic E-state index is 0.245. The largest absolute Gasteiger partial charge is 0.368 e. The molecule has 124 heavy (non-hydrogen) atoms. The third-order valence-electron chi connectivity index (χ3n) is 31.3. The second-order valence-electron chi connectivity index (χ2n) is 39.7. The predicted octanol–water partition coefficient (Wildman–Crippen LogP) is 14.8. The number of hydrogen-bond acceptors (Lipinski definition) is 24. The molecule has 0 bridgehead atoms. The number of likely N-dealkylation sites (N-methyl/N-ethyl adjacent to an activating group) is 1. The molecule has 19 heterocycles. The van der Waals surface area contributed by atoms with Crippen molar-refractivity contribution in [1.82, 2.24) is 79.2 Å². The number of amides is 1. The van der Waals surface area contributed by atoms with E-state index in [2.05, 4.69) is 213 Å². The van der Waals surface area contributed by atoms with Gasteiger partial charge in [-0.2, -0.15) is 0 Å². The van der Waals surface area contributed by atoms with Crippen molar-refractivity contribution in [2.24, 2.45) is 41.4 Å². The summed E-state index contributed by atoms with van der Waals surface area (Å²) in [5.74, 6) is 8.39. The fourth-order valence-corrected chi connectivity index (χ4v) is 25.3. The smallest absolute Gasteiger partial charge is 0.236 e. The number of anilines is 6. The molecule has 0 spiro atoms. The van der Waals surface area contributed by atoms with Gasteiger partial charge in [-0.3, -0.25) is 14.7 Å². The number of carbonyl (C=O) groups excluding carboxylic acids is 1. The van der Waals surface area contributed by atoms with Crippen LogP contribution in [0.15, 0.2) is 115 Å². The van der Waals surface area contributed by atoms with E-state index in [-0.39, 0.29) is 5.91 Å². The first-order valence-electron chi connectivity index (χ1n) is 49.3. The lowest BCUT2D eigenvalue weighted by atomic mass is 9.88.